The number of nitrogens with one attached hydrogen (secondary N) is 1. The standard InChI is InChI=1S/C13H20N2O3/c1-9(13(2,3)4)14-10-6-7-11(15(16)17)12(8-10)18-5/h6-9,14H,1-5H3. The first kappa shape index (κ1) is 14.3. The summed E-state index contributed by atoms with van der Waals surface area (Å²) in [6.07, 6.45) is 0. The predicted octanol–water partition coefficient (Wildman–Crippen LogP) is 3.45. The van der Waals surface area contributed by atoms with Crippen molar-refractivity contribution in [3.8, 4) is 5.75 Å². The van der Waals surface area contributed by atoms with E-state index in [4.69, 9.17) is 4.74 Å². The maximum absolute atomic E-state index is 10.8. The molecule has 1 aromatic carbocycles. The first-order valence-electron chi connectivity index (χ1n) is 5.84. The second kappa shape index (κ2) is 5.25. The van der Waals surface area contributed by atoms with Gasteiger partial charge in [-0.1, -0.05) is 20.8 Å². The molecule has 1 unspecified atom stereocenters. The Kier molecular flexibility index (Phi) is 4.16. The third kappa shape index (κ3) is 3.35. The van der Waals surface area contributed by atoms with Gasteiger partial charge in [-0.3, -0.25) is 10.1 Å². The number of nitro benzene ring substituents is 1. The lowest BCUT2D eigenvalue weighted by atomic mass is 9.88. The van der Waals surface area contributed by atoms with Gasteiger partial charge in [0, 0.05) is 23.9 Å². The van der Waals surface area contributed by atoms with E-state index in [1.807, 2.05) is 0 Å². The number of rotatable bonds is 4. The summed E-state index contributed by atoms with van der Waals surface area (Å²) in [5.74, 6) is 0.270. The molecule has 100 valence electrons. The van der Waals surface area contributed by atoms with Crippen molar-refractivity contribution in [2.75, 3.05) is 12.4 Å². The Morgan fingerprint density at radius 3 is 2.44 bits per heavy atom. The van der Waals surface area contributed by atoms with E-state index in [-0.39, 0.29) is 22.9 Å². The highest BCUT2D eigenvalue weighted by molar-refractivity contribution is 5.58. The molecule has 1 atom stereocenters. The molecular weight excluding hydrogens is 232 g/mol. The minimum absolute atomic E-state index is 0.0218. The summed E-state index contributed by atoms with van der Waals surface area (Å²) >= 11 is 0. The van der Waals surface area contributed by atoms with Gasteiger partial charge in [0.05, 0.1) is 12.0 Å². The van der Waals surface area contributed by atoms with E-state index < -0.39 is 4.92 Å². The fourth-order valence-corrected chi connectivity index (χ4v) is 1.38. The Morgan fingerprint density at radius 2 is 2.00 bits per heavy atom. The highest BCUT2D eigenvalue weighted by Gasteiger charge is 2.21. The summed E-state index contributed by atoms with van der Waals surface area (Å²) in [5, 5.41) is 14.1. The molecule has 0 aliphatic rings. The first-order chi connectivity index (χ1) is 8.25. The number of hydrogen-bond acceptors (Lipinski definition) is 4. The van der Waals surface area contributed by atoms with E-state index in [2.05, 4.69) is 33.0 Å². The fourth-order valence-electron chi connectivity index (χ4n) is 1.38. The van der Waals surface area contributed by atoms with Gasteiger partial charge in [0.2, 0.25) is 0 Å². The summed E-state index contributed by atoms with van der Waals surface area (Å²) in [7, 11) is 1.43. The molecule has 1 rings (SSSR count). The van der Waals surface area contributed by atoms with Crippen LogP contribution in [0.5, 0.6) is 5.75 Å². The number of nitro groups is 1. The van der Waals surface area contributed by atoms with Crippen LogP contribution in [-0.4, -0.2) is 18.1 Å². The Bertz CT molecular complexity index is 438. The third-order valence-electron chi connectivity index (χ3n) is 3.06. The van der Waals surface area contributed by atoms with Gasteiger partial charge in [-0.25, -0.2) is 0 Å². The number of hydrogen-bond donors (Lipinski definition) is 1. The molecule has 18 heavy (non-hydrogen) atoms. The monoisotopic (exact) mass is 252 g/mol. The van der Waals surface area contributed by atoms with Crippen molar-refractivity contribution in [2.45, 2.75) is 33.7 Å². The fraction of sp³-hybridized carbons (Fsp3) is 0.538. The van der Waals surface area contributed by atoms with Gasteiger partial charge in [0.1, 0.15) is 0 Å². The van der Waals surface area contributed by atoms with Crippen molar-refractivity contribution in [3.05, 3.63) is 28.3 Å². The highest BCUT2D eigenvalue weighted by Crippen LogP contribution is 2.31. The van der Waals surface area contributed by atoms with E-state index >= 15 is 0 Å². The van der Waals surface area contributed by atoms with Gasteiger partial charge in [-0.05, 0) is 18.4 Å². The zero-order valence-corrected chi connectivity index (χ0v) is 11.5. The second-order valence-electron chi connectivity index (χ2n) is 5.38. The van der Waals surface area contributed by atoms with Gasteiger partial charge >= 0.3 is 5.69 Å². The topological polar surface area (TPSA) is 64.4 Å². The Balaban J connectivity index is 2.96. The van der Waals surface area contributed by atoms with E-state index in [1.54, 1.807) is 12.1 Å². The van der Waals surface area contributed by atoms with Crippen molar-refractivity contribution < 1.29 is 9.66 Å². The van der Waals surface area contributed by atoms with Crippen molar-refractivity contribution in [1.29, 1.82) is 0 Å². The molecular formula is C13H20N2O3. The van der Waals surface area contributed by atoms with Crippen LogP contribution < -0.4 is 10.1 Å². The SMILES string of the molecule is COc1cc(NC(C)C(C)(C)C)ccc1[N+](=O)[O-]. The molecule has 0 saturated carbocycles. The van der Waals surface area contributed by atoms with E-state index in [1.165, 1.54) is 13.2 Å². The summed E-state index contributed by atoms with van der Waals surface area (Å²) < 4.78 is 5.03. The lowest BCUT2D eigenvalue weighted by molar-refractivity contribution is -0.385. The second-order valence-corrected chi connectivity index (χ2v) is 5.38. The summed E-state index contributed by atoms with van der Waals surface area (Å²) in [6.45, 7) is 8.47. The normalized spacial score (nSPS) is 12.9. The molecule has 0 bridgehead atoms. The van der Waals surface area contributed by atoms with Gasteiger partial charge in [-0.2, -0.15) is 0 Å². The molecule has 0 spiro atoms. The van der Waals surface area contributed by atoms with Crippen LogP contribution in [0, 0.1) is 15.5 Å². The van der Waals surface area contributed by atoms with Crippen molar-refractivity contribution in [3.63, 3.8) is 0 Å². The van der Waals surface area contributed by atoms with Crippen LogP contribution in [0.1, 0.15) is 27.7 Å². The van der Waals surface area contributed by atoms with Crippen molar-refractivity contribution in [1.82, 2.24) is 0 Å². The van der Waals surface area contributed by atoms with Crippen LogP contribution in [-0.2, 0) is 0 Å². The molecule has 0 saturated heterocycles. The molecule has 0 heterocycles. The molecule has 0 aliphatic heterocycles. The molecule has 1 aromatic rings. The summed E-state index contributed by atoms with van der Waals surface area (Å²) in [5.41, 5.74) is 0.904. The zero-order valence-electron chi connectivity index (χ0n) is 11.5. The number of benzene rings is 1. The van der Waals surface area contributed by atoms with Gasteiger partial charge in [-0.15, -0.1) is 0 Å². The van der Waals surface area contributed by atoms with Crippen LogP contribution in [0.15, 0.2) is 18.2 Å². The van der Waals surface area contributed by atoms with Crippen LogP contribution in [0.2, 0.25) is 0 Å². The summed E-state index contributed by atoms with van der Waals surface area (Å²) in [4.78, 5) is 10.3. The zero-order chi connectivity index (χ0) is 13.9. The third-order valence-corrected chi connectivity index (χ3v) is 3.06. The van der Waals surface area contributed by atoms with E-state index in [0.29, 0.717) is 0 Å². The maximum Gasteiger partial charge on any atom is 0.311 e. The van der Waals surface area contributed by atoms with Gasteiger partial charge in [0.25, 0.3) is 0 Å². The number of ether oxygens (including phenoxy) is 1. The smallest absolute Gasteiger partial charge is 0.311 e. The molecule has 0 amide bonds. The van der Waals surface area contributed by atoms with Gasteiger partial charge in [0.15, 0.2) is 5.75 Å². The van der Waals surface area contributed by atoms with Crippen LogP contribution in [0.3, 0.4) is 0 Å². The van der Waals surface area contributed by atoms with Crippen LogP contribution in [0.25, 0.3) is 0 Å². The minimum atomic E-state index is -0.449. The Labute approximate surface area is 107 Å². The average Bonchev–Trinajstić information content (AvgIpc) is 2.27. The Hall–Kier alpha value is -1.78. The molecule has 5 nitrogen and oxygen atoms in total. The number of anilines is 1. The predicted molar refractivity (Wildman–Crippen MR) is 72.2 cm³/mol. The van der Waals surface area contributed by atoms with Crippen LogP contribution >= 0.6 is 0 Å². The quantitative estimate of drug-likeness (QED) is 0.658. The molecule has 0 aliphatic carbocycles. The largest absolute Gasteiger partial charge is 0.490 e. The maximum atomic E-state index is 10.8. The van der Waals surface area contributed by atoms with E-state index in [0.717, 1.165) is 5.69 Å². The first-order valence-corrected chi connectivity index (χ1v) is 5.84. The lowest BCUT2D eigenvalue weighted by Crippen LogP contribution is -2.30. The van der Waals surface area contributed by atoms with Crippen molar-refractivity contribution in [2.24, 2.45) is 5.41 Å². The molecule has 0 radical (unpaired) electrons. The number of methoxy groups -OCH3 is 1. The average molecular weight is 252 g/mol. The Morgan fingerprint density at radius 1 is 1.39 bits per heavy atom. The van der Waals surface area contributed by atoms with Crippen molar-refractivity contribution >= 4 is 11.4 Å². The molecule has 0 aromatic heterocycles. The summed E-state index contributed by atoms with van der Waals surface area (Å²) in [6, 6.07) is 5.04. The van der Waals surface area contributed by atoms with Gasteiger partial charge < -0.3 is 10.1 Å². The van der Waals surface area contributed by atoms with Crippen LogP contribution in [0.4, 0.5) is 11.4 Å². The molecule has 5 heteroatoms. The minimum Gasteiger partial charge on any atom is -0.490 e. The molecule has 0 fully saturated rings. The number of nitrogens with zero attached hydrogens (tertiary/aromatic N) is 1. The van der Waals surface area contributed by atoms with E-state index in [9.17, 15) is 10.1 Å². The molecule has 1 N–H and O–H groups in total. The highest BCUT2D eigenvalue weighted by atomic mass is 16.6. The lowest BCUT2D eigenvalue weighted by Gasteiger charge is -2.29.